The van der Waals surface area contributed by atoms with E-state index in [1.54, 1.807) is 0 Å². The molecule has 5 nitrogen and oxygen atoms in total. The Morgan fingerprint density at radius 3 is 2.67 bits per heavy atom. The fourth-order valence-corrected chi connectivity index (χ4v) is 2.89. The summed E-state index contributed by atoms with van der Waals surface area (Å²) >= 11 is 4.55. The van der Waals surface area contributed by atoms with Gasteiger partial charge >= 0.3 is 0 Å². The highest BCUT2D eigenvalue weighted by Crippen LogP contribution is 2.28. The summed E-state index contributed by atoms with van der Waals surface area (Å²) in [5.41, 5.74) is 1.31. The highest BCUT2D eigenvalue weighted by Gasteiger charge is 2.13. The average Bonchev–Trinajstić information content (AvgIpc) is 3.04. The van der Waals surface area contributed by atoms with E-state index in [9.17, 15) is 9.18 Å². The molecule has 0 unspecified atom stereocenters. The summed E-state index contributed by atoms with van der Waals surface area (Å²) in [5, 5.41) is 10.9. The fourth-order valence-electron chi connectivity index (χ4n) is 1.87. The monoisotopic (exact) mass is 407 g/mol. The summed E-state index contributed by atoms with van der Waals surface area (Å²) in [7, 11) is 0. The Bertz CT molecular complexity index is 855. The van der Waals surface area contributed by atoms with Gasteiger partial charge in [0.25, 0.3) is 5.22 Å². The molecular weight excluding hydrogens is 397 g/mol. The predicted molar refractivity (Wildman–Crippen MR) is 93.2 cm³/mol. The standard InChI is InChI=1S/C16H11BrFN3O2S/c17-13-4-2-1-3-12(13)15-20-21-16(23-15)24-9-14(22)19-11-7-5-10(18)6-8-11/h1-8H,9H2,(H,19,22). The Balaban J connectivity index is 1.58. The van der Waals surface area contributed by atoms with Crippen LogP contribution in [0.3, 0.4) is 0 Å². The highest BCUT2D eigenvalue weighted by molar-refractivity contribution is 9.10. The Kier molecular flexibility index (Phi) is 5.27. The lowest BCUT2D eigenvalue weighted by Gasteiger charge is -2.03. The van der Waals surface area contributed by atoms with Gasteiger partial charge in [-0.25, -0.2) is 4.39 Å². The molecule has 2 aromatic carbocycles. The number of carbonyl (C=O) groups excluding carboxylic acids is 1. The number of aromatic nitrogens is 2. The number of rotatable bonds is 5. The van der Waals surface area contributed by atoms with Crippen LogP contribution in [0.2, 0.25) is 0 Å². The Morgan fingerprint density at radius 1 is 1.17 bits per heavy atom. The minimum atomic E-state index is -0.354. The second kappa shape index (κ2) is 7.59. The molecule has 1 N–H and O–H groups in total. The van der Waals surface area contributed by atoms with Gasteiger partial charge in [0.05, 0.1) is 11.3 Å². The predicted octanol–water partition coefficient (Wildman–Crippen LogP) is 4.37. The van der Waals surface area contributed by atoms with Gasteiger partial charge in [-0.05, 0) is 52.3 Å². The summed E-state index contributed by atoms with van der Waals surface area (Å²) in [6, 6.07) is 13.0. The molecule has 122 valence electrons. The largest absolute Gasteiger partial charge is 0.411 e. The molecule has 0 bridgehead atoms. The Hall–Kier alpha value is -2.19. The van der Waals surface area contributed by atoms with Crippen LogP contribution in [0.5, 0.6) is 0 Å². The topological polar surface area (TPSA) is 68.0 Å². The fraction of sp³-hybridized carbons (Fsp3) is 0.0625. The molecule has 0 aliphatic heterocycles. The molecule has 24 heavy (non-hydrogen) atoms. The number of hydrogen-bond donors (Lipinski definition) is 1. The molecule has 0 saturated carbocycles. The molecule has 1 heterocycles. The number of benzene rings is 2. The number of nitrogens with one attached hydrogen (secondary N) is 1. The normalized spacial score (nSPS) is 10.6. The number of halogens is 2. The molecular formula is C16H11BrFN3O2S. The van der Waals surface area contributed by atoms with Crippen molar-refractivity contribution < 1.29 is 13.6 Å². The molecule has 8 heteroatoms. The molecule has 1 amide bonds. The van der Waals surface area contributed by atoms with Crippen LogP contribution in [-0.4, -0.2) is 21.9 Å². The van der Waals surface area contributed by atoms with E-state index in [0.717, 1.165) is 21.8 Å². The summed E-state index contributed by atoms with van der Waals surface area (Å²) in [4.78, 5) is 11.9. The van der Waals surface area contributed by atoms with Gasteiger partial charge in [-0.2, -0.15) is 0 Å². The van der Waals surface area contributed by atoms with Crippen molar-refractivity contribution in [1.29, 1.82) is 0 Å². The highest BCUT2D eigenvalue weighted by atomic mass is 79.9. The van der Waals surface area contributed by atoms with Crippen LogP contribution in [0, 0.1) is 5.82 Å². The van der Waals surface area contributed by atoms with Gasteiger partial charge in [0.15, 0.2) is 0 Å². The van der Waals surface area contributed by atoms with Crippen LogP contribution in [0.25, 0.3) is 11.5 Å². The lowest BCUT2D eigenvalue weighted by Crippen LogP contribution is -2.13. The van der Waals surface area contributed by atoms with E-state index in [2.05, 4.69) is 31.4 Å². The van der Waals surface area contributed by atoms with E-state index in [4.69, 9.17) is 4.42 Å². The van der Waals surface area contributed by atoms with Crippen molar-refractivity contribution in [2.45, 2.75) is 5.22 Å². The molecule has 0 fully saturated rings. The maximum absolute atomic E-state index is 12.8. The SMILES string of the molecule is O=C(CSc1nnc(-c2ccccc2Br)o1)Nc1ccc(F)cc1. The summed E-state index contributed by atoms with van der Waals surface area (Å²) in [5.74, 6) is -0.112. The molecule has 0 aliphatic rings. The van der Waals surface area contributed by atoms with Crippen molar-refractivity contribution in [2.24, 2.45) is 0 Å². The van der Waals surface area contributed by atoms with Crippen LogP contribution >= 0.6 is 27.7 Å². The zero-order valence-corrected chi connectivity index (χ0v) is 14.6. The number of hydrogen-bond acceptors (Lipinski definition) is 5. The zero-order chi connectivity index (χ0) is 16.9. The van der Waals surface area contributed by atoms with Crippen LogP contribution in [-0.2, 0) is 4.79 Å². The number of nitrogens with zero attached hydrogens (tertiary/aromatic N) is 2. The first kappa shape index (κ1) is 16.7. The smallest absolute Gasteiger partial charge is 0.277 e. The molecule has 0 spiro atoms. The number of anilines is 1. The van der Waals surface area contributed by atoms with E-state index < -0.39 is 0 Å². The molecule has 0 saturated heterocycles. The van der Waals surface area contributed by atoms with Crippen LogP contribution in [0.4, 0.5) is 10.1 Å². The Labute approximate surface area is 149 Å². The van der Waals surface area contributed by atoms with Crippen molar-refractivity contribution in [3.05, 3.63) is 58.8 Å². The summed E-state index contributed by atoms with van der Waals surface area (Å²) < 4.78 is 19.2. The molecule has 1 aromatic heterocycles. The quantitative estimate of drug-likeness (QED) is 0.635. The van der Waals surface area contributed by atoms with E-state index in [-0.39, 0.29) is 17.5 Å². The Morgan fingerprint density at radius 2 is 1.92 bits per heavy atom. The third kappa shape index (κ3) is 4.21. The lowest BCUT2D eigenvalue weighted by molar-refractivity contribution is -0.113. The first-order valence-corrected chi connectivity index (χ1v) is 8.66. The first-order valence-electron chi connectivity index (χ1n) is 6.88. The maximum atomic E-state index is 12.8. The van der Waals surface area contributed by atoms with E-state index in [1.165, 1.54) is 24.3 Å². The third-order valence-corrected chi connectivity index (χ3v) is 4.48. The van der Waals surface area contributed by atoms with Crippen molar-refractivity contribution in [2.75, 3.05) is 11.1 Å². The molecule has 0 aliphatic carbocycles. The number of thioether (sulfide) groups is 1. The minimum absolute atomic E-state index is 0.106. The van der Waals surface area contributed by atoms with Crippen molar-refractivity contribution in [3.8, 4) is 11.5 Å². The van der Waals surface area contributed by atoms with Gasteiger partial charge in [-0.1, -0.05) is 23.9 Å². The molecule has 3 aromatic rings. The van der Waals surface area contributed by atoms with Gasteiger partial charge in [-0.3, -0.25) is 4.79 Å². The second-order valence-corrected chi connectivity index (χ2v) is 6.48. The molecule has 0 atom stereocenters. The summed E-state index contributed by atoms with van der Waals surface area (Å²) in [6.07, 6.45) is 0. The van der Waals surface area contributed by atoms with Crippen molar-refractivity contribution in [1.82, 2.24) is 10.2 Å². The number of carbonyl (C=O) groups is 1. The first-order chi connectivity index (χ1) is 11.6. The maximum Gasteiger partial charge on any atom is 0.277 e. The lowest BCUT2D eigenvalue weighted by atomic mass is 10.2. The van der Waals surface area contributed by atoms with Gasteiger partial charge < -0.3 is 9.73 Å². The van der Waals surface area contributed by atoms with Crippen LogP contribution < -0.4 is 5.32 Å². The van der Waals surface area contributed by atoms with Gasteiger partial charge in [-0.15, -0.1) is 10.2 Å². The summed E-state index contributed by atoms with van der Waals surface area (Å²) in [6.45, 7) is 0. The van der Waals surface area contributed by atoms with Gasteiger partial charge in [0.1, 0.15) is 5.82 Å². The second-order valence-electron chi connectivity index (χ2n) is 4.70. The molecule has 0 radical (unpaired) electrons. The van der Waals surface area contributed by atoms with Crippen LogP contribution in [0.15, 0.2) is 62.6 Å². The minimum Gasteiger partial charge on any atom is -0.411 e. The van der Waals surface area contributed by atoms with E-state index in [1.807, 2.05) is 24.3 Å². The van der Waals surface area contributed by atoms with E-state index in [0.29, 0.717) is 16.8 Å². The molecule has 3 rings (SSSR count). The number of amides is 1. The van der Waals surface area contributed by atoms with Crippen molar-refractivity contribution in [3.63, 3.8) is 0 Å². The van der Waals surface area contributed by atoms with E-state index >= 15 is 0 Å². The van der Waals surface area contributed by atoms with Gasteiger partial charge in [0, 0.05) is 10.2 Å². The average molecular weight is 408 g/mol. The van der Waals surface area contributed by atoms with Gasteiger partial charge in [0.2, 0.25) is 11.8 Å². The third-order valence-electron chi connectivity index (χ3n) is 2.97. The van der Waals surface area contributed by atoms with Crippen molar-refractivity contribution >= 4 is 39.3 Å². The van der Waals surface area contributed by atoms with Crippen LogP contribution in [0.1, 0.15) is 0 Å². The zero-order valence-electron chi connectivity index (χ0n) is 12.2.